The lowest BCUT2D eigenvalue weighted by molar-refractivity contribution is -0.163. The second-order valence-corrected chi connectivity index (χ2v) is 16.8. The van der Waals surface area contributed by atoms with E-state index in [4.69, 9.17) is 16.3 Å². The Balaban J connectivity index is 1.36. The molecule has 5 N–H and O–H groups in total. The molecule has 2 aromatic carbocycles. The van der Waals surface area contributed by atoms with Crippen molar-refractivity contribution in [3.8, 4) is 0 Å². The smallest absolute Gasteiger partial charge is 0.329 e. The van der Waals surface area contributed by atoms with Crippen molar-refractivity contribution in [2.75, 3.05) is 45.1 Å². The van der Waals surface area contributed by atoms with Gasteiger partial charge in [0.05, 0.1) is 11.8 Å². The van der Waals surface area contributed by atoms with E-state index in [2.05, 4.69) is 21.3 Å². The Labute approximate surface area is 352 Å². The minimum Gasteiger partial charge on any atom is -0.458 e. The summed E-state index contributed by atoms with van der Waals surface area (Å²) in [5.74, 6) is -5.32. The maximum Gasteiger partial charge on any atom is 0.329 e. The van der Waals surface area contributed by atoms with E-state index in [1.165, 1.54) is 35.8 Å². The van der Waals surface area contributed by atoms with Crippen LogP contribution in [0.3, 0.4) is 0 Å². The average molecular weight is 855 g/mol. The van der Waals surface area contributed by atoms with Gasteiger partial charge in [-0.05, 0) is 63.9 Å². The van der Waals surface area contributed by atoms with Gasteiger partial charge in [-0.1, -0.05) is 48.4 Å². The van der Waals surface area contributed by atoms with E-state index >= 15 is 0 Å². The van der Waals surface area contributed by atoms with Crippen LogP contribution in [-0.4, -0.2) is 154 Å². The summed E-state index contributed by atoms with van der Waals surface area (Å²) in [4.78, 5) is 104. The first-order chi connectivity index (χ1) is 28.4. The van der Waals surface area contributed by atoms with Crippen molar-refractivity contribution in [2.45, 2.75) is 95.4 Å². The summed E-state index contributed by atoms with van der Waals surface area (Å²) in [6, 6.07) is 2.26. The molecule has 0 spiro atoms. The molecule has 0 aliphatic carbocycles. The maximum atomic E-state index is 14.8. The predicted octanol–water partition coefficient (Wildman–Crippen LogP) is 0.797. The third-order valence-electron chi connectivity index (χ3n) is 11.5. The molecule has 1 unspecified atom stereocenters. The summed E-state index contributed by atoms with van der Waals surface area (Å²) in [6.07, 6.45) is -2.61. The van der Waals surface area contributed by atoms with E-state index in [1.54, 1.807) is 25.2 Å². The molecule has 4 fully saturated rings. The highest BCUT2D eigenvalue weighted by Gasteiger charge is 2.49. The number of nitrogens with one attached hydrogen (secondary N) is 4. The van der Waals surface area contributed by atoms with Gasteiger partial charge in [0.25, 0.3) is 0 Å². The normalized spacial score (nSPS) is 28.6. The van der Waals surface area contributed by atoms with Crippen molar-refractivity contribution in [2.24, 2.45) is 5.92 Å². The quantitative estimate of drug-likeness (QED) is 0.258. The van der Waals surface area contributed by atoms with Crippen LogP contribution in [0.2, 0.25) is 5.02 Å². The van der Waals surface area contributed by atoms with Gasteiger partial charge in [-0.25, -0.2) is 14.0 Å². The molecule has 7 amide bonds. The van der Waals surface area contributed by atoms with Crippen LogP contribution in [0.25, 0.3) is 0 Å². The number of aryl methyl sites for hydroxylation is 1. The Bertz CT molecular complexity index is 2030. The lowest BCUT2D eigenvalue weighted by atomic mass is 10.0. The molecule has 4 aliphatic rings. The zero-order valence-corrected chi connectivity index (χ0v) is 34.9. The molecule has 0 radical (unpaired) electrons. The Kier molecular flexibility index (Phi) is 13.6. The molecule has 4 saturated heterocycles. The van der Waals surface area contributed by atoms with Gasteiger partial charge >= 0.3 is 12.0 Å². The fraction of sp³-hybridized carbons (Fsp3) is 0.537. The third-order valence-corrected chi connectivity index (χ3v) is 11.7. The maximum absolute atomic E-state index is 14.8. The summed E-state index contributed by atoms with van der Waals surface area (Å²) in [7, 11) is 1.79. The van der Waals surface area contributed by atoms with E-state index < -0.39 is 95.8 Å². The van der Waals surface area contributed by atoms with Crippen molar-refractivity contribution in [3.05, 3.63) is 64.4 Å². The number of urea groups is 1. The van der Waals surface area contributed by atoms with Gasteiger partial charge < -0.3 is 50.7 Å². The number of aliphatic hydroxyl groups is 1. The highest BCUT2D eigenvalue weighted by atomic mass is 35.5. The number of fused-ring (bicyclic) bond motifs is 3. The molecule has 6 rings (SSSR count). The van der Waals surface area contributed by atoms with Gasteiger partial charge in [-0.2, -0.15) is 0 Å². The number of halogens is 2. The first-order valence-corrected chi connectivity index (χ1v) is 20.4. The number of carbonyl (C=O) groups is 7. The summed E-state index contributed by atoms with van der Waals surface area (Å²) in [5.41, 5.74) is 1.27. The number of esters is 1. The first-order valence-electron chi connectivity index (χ1n) is 20.1. The Morgan fingerprint density at radius 3 is 2.37 bits per heavy atom. The van der Waals surface area contributed by atoms with Gasteiger partial charge in [-0.15, -0.1) is 0 Å². The molecule has 0 bridgehead atoms. The van der Waals surface area contributed by atoms with Crippen LogP contribution in [0, 0.1) is 18.7 Å². The molecule has 17 nitrogen and oxygen atoms in total. The molecule has 60 heavy (non-hydrogen) atoms. The minimum absolute atomic E-state index is 0.0925. The van der Waals surface area contributed by atoms with Crippen molar-refractivity contribution < 1.29 is 47.8 Å². The van der Waals surface area contributed by atoms with Gasteiger partial charge in [0.1, 0.15) is 48.2 Å². The van der Waals surface area contributed by atoms with Gasteiger partial charge in [0.2, 0.25) is 29.5 Å². The number of amides is 7. The molecule has 4 aliphatic heterocycles. The van der Waals surface area contributed by atoms with Crippen molar-refractivity contribution in [1.29, 1.82) is 0 Å². The van der Waals surface area contributed by atoms with E-state index in [0.717, 1.165) is 16.5 Å². The monoisotopic (exact) mass is 854 g/mol. The second-order valence-electron chi connectivity index (χ2n) is 16.4. The Morgan fingerprint density at radius 1 is 0.917 bits per heavy atom. The number of benzene rings is 2. The zero-order chi connectivity index (χ0) is 43.6. The number of hydrogen-bond donors (Lipinski definition) is 5. The molecule has 4 heterocycles. The number of cyclic esters (lactones) is 1. The highest BCUT2D eigenvalue weighted by molar-refractivity contribution is 6.30. The van der Waals surface area contributed by atoms with E-state index in [-0.39, 0.29) is 62.1 Å². The summed E-state index contributed by atoms with van der Waals surface area (Å²) in [6.45, 7) is 7.10. The second kappa shape index (κ2) is 18.5. The number of likely N-dealkylation sites (N-methyl/N-ethyl adjacent to an activating group) is 1. The molecular formula is C41H52ClFN8O9. The number of aliphatic hydroxyl groups excluding tert-OH is 1. The predicted molar refractivity (Wildman–Crippen MR) is 216 cm³/mol. The van der Waals surface area contributed by atoms with Crippen LogP contribution in [0.4, 0.5) is 14.9 Å². The van der Waals surface area contributed by atoms with Crippen LogP contribution in [0.1, 0.15) is 44.7 Å². The summed E-state index contributed by atoms with van der Waals surface area (Å²) in [5, 5.41) is 21.4. The molecule has 19 heteroatoms. The number of piperazine rings is 1. The summed E-state index contributed by atoms with van der Waals surface area (Å²) >= 11 is 5.88. The lowest BCUT2D eigenvalue weighted by Crippen LogP contribution is -2.65. The van der Waals surface area contributed by atoms with Crippen molar-refractivity contribution in [1.82, 2.24) is 35.6 Å². The fourth-order valence-electron chi connectivity index (χ4n) is 8.36. The molecule has 2 aromatic rings. The van der Waals surface area contributed by atoms with Crippen LogP contribution >= 0.6 is 11.6 Å². The largest absolute Gasteiger partial charge is 0.458 e. The van der Waals surface area contributed by atoms with Gasteiger partial charge in [0, 0.05) is 50.6 Å². The number of hydrogen-bond acceptors (Lipinski definition) is 10. The summed E-state index contributed by atoms with van der Waals surface area (Å²) < 4.78 is 20.6. The average Bonchev–Trinajstić information content (AvgIpc) is 3.78. The van der Waals surface area contributed by atoms with E-state index in [9.17, 15) is 43.1 Å². The molecule has 324 valence electrons. The topological polar surface area (TPSA) is 210 Å². The van der Waals surface area contributed by atoms with Crippen molar-refractivity contribution in [3.63, 3.8) is 0 Å². The van der Waals surface area contributed by atoms with Crippen LogP contribution in [0.5, 0.6) is 0 Å². The number of anilines is 1. The highest BCUT2D eigenvalue weighted by Crippen LogP contribution is 2.28. The van der Waals surface area contributed by atoms with Crippen LogP contribution in [-0.2, 0) is 39.9 Å². The van der Waals surface area contributed by atoms with Crippen molar-refractivity contribution >= 4 is 58.8 Å². The Hall–Kier alpha value is -5.33. The Morgan fingerprint density at radius 2 is 1.65 bits per heavy atom. The third kappa shape index (κ3) is 9.99. The zero-order valence-electron chi connectivity index (χ0n) is 34.2. The van der Waals surface area contributed by atoms with Crippen LogP contribution in [0.15, 0.2) is 42.5 Å². The number of ether oxygens (including phenoxy) is 1. The van der Waals surface area contributed by atoms with Gasteiger partial charge in [-0.3, -0.25) is 24.0 Å². The lowest BCUT2D eigenvalue weighted by Gasteiger charge is -2.42. The van der Waals surface area contributed by atoms with Crippen LogP contribution < -0.4 is 21.3 Å². The fourth-order valence-corrected chi connectivity index (χ4v) is 8.52. The van der Waals surface area contributed by atoms with Gasteiger partial charge in [0.15, 0.2) is 0 Å². The number of carbonyl (C=O) groups excluding carboxylic acids is 7. The number of rotatable bonds is 6. The molecule has 0 aromatic heterocycles. The number of nitrogens with zero attached hydrogens (tertiary/aromatic N) is 4. The first kappa shape index (κ1) is 44.2. The SMILES string of the molecule is Cc1cccc(C[C@H](NC(=O)Nc2ccc(Cl)cc2F)C(=O)N[C@@H]2C(=O)N3C[C@H](O)C[C@H]3C(=O)N3CCN(C)C[C@H]3C(=O)N[C@@H](C)C(=O)N3C[C@H](C)C[C@H]3C(=O)OC2C)c1. The minimum atomic E-state index is -1.68. The van der Waals surface area contributed by atoms with E-state index in [1.807, 2.05) is 24.8 Å². The standard InChI is InChI=1S/C41H52ClFN8O9/c1-21-7-6-8-25(13-21)15-30(46-41(59)45-29-10-9-26(42)16-28(29)43)35(53)47-34-24(4)60-40(58)32-14-22(2)18-50(32)37(55)23(3)44-36(54)33-20-48(5)11-12-49(33)38(56)31-17-27(52)19-51(31)39(34)57/h6-10,13,16,22-24,27,30-34,52H,11-12,14-15,17-20H2,1-5H3,(H,44,54)(H,47,53)(H2,45,46,59)/t22-,23+,24?,27-,30+,31+,32+,33+,34+/m1/s1. The molecule has 0 saturated carbocycles. The van der Waals surface area contributed by atoms with E-state index in [0.29, 0.717) is 12.1 Å². The molecule has 9 atom stereocenters. The molecular weight excluding hydrogens is 803 g/mol.